The fraction of sp³-hybridized carbons (Fsp3) is 0.0455. The van der Waals surface area contributed by atoms with Gasteiger partial charge < -0.3 is 13.7 Å². The highest BCUT2D eigenvalue weighted by Crippen LogP contribution is 2.43. The zero-order chi connectivity index (χ0) is 31.5. The maximum Gasteiger partial charge on any atom is 0.143 e. The molecule has 0 unspecified atom stereocenters. The Morgan fingerprint density at radius 3 is 2.04 bits per heavy atom. The Hall–Kier alpha value is -6.06. The highest BCUT2D eigenvalue weighted by Gasteiger charge is 2.22. The molecule has 0 aliphatic rings. The van der Waals surface area contributed by atoms with Crippen LogP contribution in [0.5, 0.6) is 0 Å². The second kappa shape index (κ2) is 10.8. The fourth-order valence-corrected chi connectivity index (χ4v) is 7.16. The summed E-state index contributed by atoms with van der Waals surface area (Å²) >= 11 is 0. The lowest BCUT2D eigenvalue weighted by Crippen LogP contribution is -2.16. The topological polar surface area (TPSA) is 29.5 Å². The van der Waals surface area contributed by atoms with Crippen LogP contribution in [0.15, 0.2) is 166 Å². The number of furan rings is 2. The summed E-state index contributed by atoms with van der Waals surface area (Å²) in [5.41, 5.74) is 8.95. The van der Waals surface area contributed by atoms with Crippen molar-refractivity contribution in [3.8, 4) is 0 Å². The second-order valence-electron chi connectivity index (χ2n) is 12.1. The van der Waals surface area contributed by atoms with Gasteiger partial charge in [0.2, 0.25) is 0 Å². The number of para-hydroxylation sites is 2. The van der Waals surface area contributed by atoms with E-state index in [2.05, 4.69) is 158 Å². The Morgan fingerprint density at radius 1 is 0.532 bits per heavy atom. The molecule has 0 spiro atoms. The van der Waals surface area contributed by atoms with E-state index in [9.17, 15) is 0 Å². The molecule has 224 valence electrons. The van der Waals surface area contributed by atoms with Gasteiger partial charge in [0.05, 0.1) is 5.69 Å². The second-order valence-corrected chi connectivity index (χ2v) is 12.1. The van der Waals surface area contributed by atoms with E-state index in [1.54, 1.807) is 0 Å². The van der Waals surface area contributed by atoms with Gasteiger partial charge in [-0.05, 0) is 72.5 Å². The van der Waals surface area contributed by atoms with Crippen LogP contribution in [0.4, 0.5) is 11.4 Å². The van der Waals surface area contributed by atoms with Gasteiger partial charge in [0.15, 0.2) is 0 Å². The van der Waals surface area contributed by atoms with Gasteiger partial charge in [-0.25, -0.2) is 0 Å². The molecule has 47 heavy (non-hydrogen) atoms. The van der Waals surface area contributed by atoms with Crippen LogP contribution in [0, 0.1) is 0 Å². The summed E-state index contributed by atoms with van der Waals surface area (Å²) in [5.74, 6) is 0. The quantitative estimate of drug-likeness (QED) is 0.183. The summed E-state index contributed by atoms with van der Waals surface area (Å²) in [6, 6.07) is 49.2. The maximum atomic E-state index is 6.73. The summed E-state index contributed by atoms with van der Waals surface area (Å²) in [6.07, 6.45) is 4.32. The standard InChI is InChI=1S/C44H31NO2/c1-3-12-33(36-19-11-20-37-38-25-30-14-4-5-15-31(30)26-43(38)47-44(36)37)28(2)45(40-21-10-16-29-13-6-7-17-34(29)40)32-23-24-42-39(27-32)35-18-8-9-22-41(35)46-42/h3-27H,1-2H3/b12-3-,33-28-. The first-order chi connectivity index (χ1) is 23.2. The molecular formula is C44H31NO2. The van der Waals surface area contributed by atoms with Gasteiger partial charge in [-0.2, -0.15) is 0 Å². The fourth-order valence-electron chi connectivity index (χ4n) is 7.16. The predicted molar refractivity (Wildman–Crippen MR) is 198 cm³/mol. The molecule has 2 heterocycles. The molecule has 0 aliphatic heterocycles. The number of benzene rings is 7. The minimum absolute atomic E-state index is 0.877. The molecule has 7 aromatic carbocycles. The van der Waals surface area contributed by atoms with Gasteiger partial charge in [-0.1, -0.05) is 109 Å². The molecule has 0 saturated carbocycles. The van der Waals surface area contributed by atoms with Crippen LogP contribution < -0.4 is 4.90 Å². The van der Waals surface area contributed by atoms with Crippen LogP contribution in [0.1, 0.15) is 19.4 Å². The molecule has 0 N–H and O–H groups in total. The Labute approximate surface area is 272 Å². The third-order valence-electron chi connectivity index (χ3n) is 9.34. The lowest BCUT2D eigenvalue weighted by molar-refractivity contribution is 0.668. The molecule has 2 aromatic heterocycles. The van der Waals surface area contributed by atoms with E-state index >= 15 is 0 Å². The minimum atomic E-state index is 0.877. The third-order valence-corrected chi connectivity index (χ3v) is 9.34. The smallest absolute Gasteiger partial charge is 0.143 e. The zero-order valence-corrected chi connectivity index (χ0v) is 26.2. The molecule has 9 aromatic rings. The number of hydrogen-bond donors (Lipinski definition) is 0. The van der Waals surface area contributed by atoms with E-state index in [0.29, 0.717) is 0 Å². The highest BCUT2D eigenvalue weighted by molar-refractivity contribution is 6.13. The molecule has 0 amide bonds. The Kier molecular flexibility index (Phi) is 6.26. The Balaban J connectivity index is 1.34. The number of nitrogens with zero attached hydrogens (tertiary/aromatic N) is 1. The van der Waals surface area contributed by atoms with Crippen molar-refractivity contribution in [1.29, 1.82) is 0 Å². The number of rotatable bonds is 5. The van der Waals surface area contributed by atoms with Gasteiger partial charge in [-0.15, -0.1) is 0 Å². The molecule has 0 saturated heterocycles. The predicted octanol–water partition coefficient (Wildman–Crippen LogP) is 12.9. The molecule has 0 atom stereocenters. The molecular weight excluding hydrogens is 574 g/mol. The summed E-state index contributed by atoms with van der Waals surface area (Å²) in [7, 11) is 0. The molecule has 0 aliphatic carbocycles. The van der Waals surface area contributed by atoms with Crippen molar-refractivity contribution in [2.75, 3.05) is 4.90 Å². The van der Waals surface area contributed by atoms with Gasteiger partial charge >= 0.3 is 0 Å². The number of allylic oxidation sites excluding steroid dienone is 4. The molecule has 0 fully saturated rings. The number of anilines is 2. The van der Waals surface area contributed by atoms with Gasteiger partial charge in [0.25, 0.3) is 0 Å². The van der Waals surface area contributed by atoms with Crippen molar-refractivity contribution in [3.05, 3.63) is 163 Å². The molecule has 3 heteroatoms. The summed E-state index contributed by atoms with van der Waals surface area (Å²) in [4.78, 5) is 2.38. The first-order valence-electron chi connectivity index (χ1n) is 16.0. The van der Waals surface area contributed by atoms with E-state index in [0.717, 1.165) is 72.1 Å². The molecule has 3 nitrogen and oxygen atoms in total. The van der Waals surface area contributed by atoms with Gasteiger partial charge in [-0.3, -0.25) is 0 Å². The third kappa shape index (κ3) is 4.35. The molecule has 9 rings (SSSR count). The van der Waals surface area contributed by atoms with Crippen LogP contribution in [0.2, 0.25) is 0 Å². The van der Waals surface area contributed by atoms with Gasteiger partial charge in [0, 0.05) is 49.5 Å². The Morgan fingerprint density at radius 2 is 1.19 bits per heavy atom. The van der Waals surface area contributed by atoms with Crippen LogP contribution in [0.25, 0.3) is 71.0 Å². The average molecular weight is 606 g/mol. The minimum Gasteiger partial charge on any atom is -0.456 e. The largest absolute Gasteiger partial charge is 0.456 e. The van der Waals surface area contributed by atoms with Crippen LogP contribution in [0.3, 0.4) is 0 Å². The first kappa shape index (κ1) is 27.3. The number of hydrogen-bond acceptors (Lipinski definition) is 3. The van der Waals surface area contributed by atoms with E-state index in [-0.39, 0.29) is 0 Å². The SMILES string of the molecule is C/C=C\C(=C(/C)N(c1ccc2oc3ccccc3c2c1)c1cccc2ccccc12)c1cccc2c1oc1cc3ccccc3cc12. The summed E-state index contributed by atoms with van der Waals surface area (Å²) in [6.45, 7) is 4.29. The van der Waals surface area contributed by atoms with Crippen LogP contribution in [-0.4, -0.2) is 0 Å². The zero-order valence-electron chi connectivity index (χ0n) is 26.2. The highest BCUT2D eigenvalue weighted by atomic mass is 16.3. The Bertz CT molecular complexity index is 2720. The average Bonchev–Trinajstić information content (AvgIpc) is 3.67. The van der Waals surface area contributed by atoms with E-state index in [1.165, 1.54) is 21.5 Å². The van der Waals surface area contributed by atoms with Crippen molar-refractivity contribution in [2.45, 2.75) is 13.8 Å². The van der Waals surface area contributed by atoms with Crippen molar-refractivity contribution in [2.24, 2.45) is 0 Å². The first-order valence-corrected chi connectivity index (χ1v) is 16.0. The van der Waals surface area contributed by atoms with Crippen molar-refractivity contribution < 1.29 is 8.83 Å². The van der Waals surface area contributed by atoms with E-state index < -0.39 is 0 Å². The van der Waals surface area contributed by atoms with Gasteiger partial charge in [0.1, 0.15) is 22.3 Å². The van der Waals surface area contributed by atoms with Crippen LogP contribution in [-0.2, 0) is 0 Å². The van der Waals surface area contributed by atoms with Crippen molar-refractivity contribution in [1.82, 2.24) is 0 Å². The normalized spacial score (nSPS) is 12.7. The van der Waals surface area contributed by atoms with E-state index in [1.807, 2.05) is 12.1 Å². The van der Waals surface area contributed by atoms with E-state index in [4.69, 9.17) is 8.83 Å². The lowest BCUT2D eigenvalue weighted by Gasteiger charge is -2.29. The van der Waals surface area contributed by atoms with Crippen molar-refractivity contribution in [3.63, 3.8) is 0 Å². The molecule has 0 bridgehead atoms. The number of fused-ring (bicyclic) bond motifs is 8. The summed E-state index contributed by atoms with van der Waals surface area (Å²) < 4.78 is 13.0. The van der Waals surface area contributed by atoms with Crippen LogP contribution >= 0.6 is 0 Å². The summed E-state index contributed by atoms with van der Waals surface area (Å²) in [5, 5.41) is 9.19. The monoisotopic (exact) mass is 605 g/mol. The maximum absolute atomic E-state index is 6.73. The van der Waals surface area contributed by atoms with Crippen molar-refractivity contribution >= 4 is 82.4 Å². The molecule has 0 radical (unpaired) electrons. The lowest BCUT2D eigenvalue weighted by atomic mass is 9.98.